The van der Waals surface area contributed by atoms with E-state index in [1.807, 2.05) is 11.7 Å². The number of nitrogens with one attached hydrogen (secondary N) is 1. The van der Waals surface area contributed by atoms with Gasteiger partial charge in [-0.1, -0.05) is 6.42 Å². The lowest BCUT2D eigenvalue weighted by molar-refractivity contribution is 0.195. The maximum absolute atomic E-state index is 5.36. The Morgan fingerprint density at radius 2 is 2.31 bits per heavy atom. The van der Waals surface area contributed by atoms with E-state index in [9.17, 15) is 0 Å². The Labute approximate surface area is 96.0 Å². The van der Waals surface area contributed by atoms with Gasteiger partial charge in [0, 0.05) is 25.6 Å². The van der Waals surface area contributed by atoms with Gasteiger partial charge in [-0.3, -0.25) is 4.68 Å². The monoisotopic (exact) mass is 221 g/mol. The van der Waals surface area contributed by atoms with Crippen LogP contribution in [0.4, 0.5) is 5.82 Å². The number of nitrogens with zero attached hydrogens (tertiary/aromatic N) is 2. The number of hydrogen-bond donors (Lipinski definition) is 1. The van der Waals surface area contributed by atoms with Gasteiger partial charge < -0.3 is 10.1 Å². The molecule has 2 aliphatic rings. The largest absolute Gasteiger partial charge is 0.379 e. The summed E-state index contributed by atoms with van der Waals surface area (Å²) in [6, 6.07) is 2.67. The van der Waals surface area contributed by atoms with Gasteiger partial charge in [-0.05, 0) is 19.3 Å². The van der Waals surface area contributed by atoms with E-state index < -0.39 is 0 Å². The molecule has 3 rings (SSSR count). The zero-order valence-corrected chi connectivity index (χ0v) is 9.78. The average Bonchev–Trinajstić information content (AvgIpc) is 2.76. The first-order valence-electron chi connectivity index (χ1n) is 6.21. The standard InChI is InChI=1S/C12H19N3O/c1-15-12(13-10-5-6-16-8-10)7-11(14-15)9-3-2-4-9/h7,9-10,13H,2-6,8H2,1H3. The zero-order chi connectivity index (χ0) is 11.0. The van der Waals surface area contributed by atoms with Gasteiger partial charge >= 0.3 is 0 Å². The number of anilines is 1. The van der Waals surface area contributed by atoms with Crippen molar-refractivity contribution in [3.05, 3.63) is 11.8 Å². The van der Waals surface area contributed by atoms with E-state index in [1.54, 1.807) is 0 Å². The van der Waals surface area contributed by atoms with Gasteiger partial charge in [-0.15, -0.1) is 0 Å². The topological polar surface area (TPSA) is 39.1 Å². The highest BCUT2D eigenvalue weighted by Gasteiger charge is 2.24. The molecule has 1 saturated carbocycles. The van der Waals surface area contributed by atoms with Gasteiger partial charge in [0.25, 0.3) is 0 Å². The molecule has 1 aromatic heterocycles. The fourth-order valence-corrected chi connectivity index (χ4v) is 2.39. The van der Waals surface area contributed by atoms with Crippen LogP contribution in [0.5, 0.6) is 0 Å². The summed E-state index contributed by atoms with van der Waals surface area (Å²) in [6.07, 6.45) is 5.08. The SMILES string of the molecule is Cn1nc(C2CCC2)cc1NC1CCOC1. The summed E-state index contributed by atoms with van der Waals surface area (Å²) in [4.78, 5) is 0. The summed E-state index contributed by atoms with van der Waals surface area (Å²) >= 11 is 0. The number of rotatable bonds is 3. The number of aryl methyl sites for hydroxylation is 1. The van der Waals surface area contributed by atoms with Gasteiger partial charge in [0.05, 0.1) is 18.3 Å². The molecule has 0 amide bonds. The van der Waals surface area contributed by atoms with E-state index in [1.165, 1.54) is 25.0 Å². The second-order valence-corrected chi connectivity index (χ2v) is 4.91. The molecule has 0 radical (unpaired) electrons. The first-order valence-corrected chi connectivity index (χ1v) is 6.21. The third-order valence-corrected chi connectivity index (χ3v) is 3.70. The van der Waals surface area contributed by atoms with Crippen LogP contribution in [0.25, 0.3) is 0 Å². The summed E-state index contributed by atoms with van der Waals surface area (Å²) in [5.74, 6) is 1.85. The molecular formula is C12H19N3O. The van der Waals surface area contributed by atoms with Crippen LogP contribution in [0.15, 0.2) is 6.07 Å². The van der Waals surface area contributed by atoms with Crippen LogP contribution in [0.2, 0.25) is 0 Å². The Morgan fingerprint density at radius 1 is 1.44 bits per heavy atom. The number of ether oxygens (including phenoxy) is 1. The molecule has 0 spiro atoms. The molecule has 1 aliphatic carbocycles. The van der Waals surface area contributed by atoms with E-state index in [0.29, 0.717) is 12.0 Å². The second-order valence-electron chi connectivity index (χ2n) is 4.91. The minimum absolute atomic E-state index is 0.463. The fraction of sp³-hybridized carbons (Fsp3) is 0.750. The van der Waals surface area contributed by atoms with E-state index in [4.69, 9.17) is 4.74 Å². The Morgan fingerprint density at radius 3 is 2.94 bits per heavy atom. The molecule has 1 atom stereocenters. The first kappa shape index (κ1) is 10.1. The van der Waals surface area contributed by atoms with Crippen LogP contribution < -0.4 is 5.32 Å². The Balaban J connectivity index is 1.70. The molecule has 4 nitrogen and oxygen atoms in total. The van der Waals surface area contributed by atoms with E-state index >= 15 is 0 Å². The van der Waals surface area contributed by atoms with Crippen molar-refractivity contribution in [2.75, 3.05) is 18.5 Å². The lowest BCUT2D eigenvalue weighted by Crippen LogP contribution is -2.20. The molecule has 1 aromatic rings. The van der Waals surface area contributed by atoms with Gasteiger partial charge in [-0.2, -0.15) is 5.10 Å². The number of hydrogen-bond acceptors (Lipinski definition) is 3. The van der Waals surface area contributed by atoms with E-state index in [-0.39, 0.29) is 0 Å². The Bertz CT molecular complexity index is 364. The lowest BCUT2D eigenvalue weighted by atomic mass is 9.83. The molecule has 1 saturated heterocycles. The molecule has 2 heterocycles. The van der Waals surface area contributed by atoms with Gasteiger partial charge in [-0.25, -0.2) is 0 Å². The van der Waals surface area contributed by atoms with Crippen molar-refractivity contribution in [3.8, 4) is 0 Å². The molecule has 0 bridgehead atoms. The highest BCUT2D eigenvalue weighted by Crippen LogP contribution is 2.36. The maximum Gasteiger partial charge on any atom is 0.124 e. The summed E-state index contributed by atoms with van der Waals surface area (Å²) in [6.45, 7) is 1.70. The Kier molecular flexibility index (Phi) is 2.59. The predicted molar refractivity (Wildman–Crippen MR) is 62.6 cm³/mol. The first-order chi connectivity index (χ1) is 7.83. The molecule has 16 heavy (non-hydrogen) atoms. The summed E-state index contributed by atoms with van der Waals surface area (Å²) < 4.78 is 7.33. The third kappa shape index (κ3) is 1.82. The van der Waals surface area contributed by atoms with Crippen LogP contribution in [-0.4, -0.2) is 29.0 Å². The quantitative estimate of drug-likeness (QED) is 0.847. The van der Waals surface area contributed by atoms with Crippen molar-refractivity contribution in [2.24, 2.45) is 7.05 Å². The predicted octanol–water partition coefficient (Wildman–Crippen LogP) is 1.89. The van der Waals surface area contributed by atoms with Crippen molar-refractivity contribution < 1.29 is 4.74 Å². The van der Waals surface area contributed by atoms with E-state index in [2.05, 4.69) is 16.5 Å². The Hall–Kier alpha value is -1.03. The minimum atomic E-state index is 0.463. The van der Waals surface area contributed by atoms with Gasteiger partial charge in [0.1, 0.15) is 5.82 Å². The molecule has 1 unspecified atom stereocenters. The third-order valence-electron chi connectivity index (χ3n) is 3.70. The van der Waals surface area contributed by atoms with Crippen molar-refractivity contribution in [1.29, 1.82) is 0 Å². The zero-order valence-electron chi connectivity index (χ0n) is 9.78. The minimum Gasteiger partial charge on any atom is -0.379 e. The lowest BCUT2D eigenvalue weighted by Gasteiger charge is -2.22. The van der Waals surface area contributed by atoms with Crippen molar-refractivity contribution >= 4 is 5.82 Å². The fourth-order valence-electron chi connectivity index (χ4n) is 2.39. The summed E-state index contributed by atoms with van der Waals surface area (Å²) in [5.41, 5.74) is 1.26. The number of aromatic nitrogens is 2. The summed E-state index contributed by atoms with van der Waals surface area (Å²) in [5, 5.41) is 8.10. The van der Waals surface area contributed by atoms with Crippen LogP contribution in [0, 0.1) is 0 Å². The maximum atomic E-state index is 5.36. The van der Waals surface area contributed by atoms with Crippen LogP contribution in [0.1, 0.15) is 37.3 Å². The van der Waals surface area contributed by atoms with Crippen molar-refractivity contribution in [1.82, 2.24) is 9.78 Å². The van der Waals surface area contributed by atoms with Crippen LogP contribution >= 0.6 is 0 Å². The van der Waals surface area contributed by atoms with Crippen LogP contribution in [-0.2, 0) is 11.8 Å². The highest BCUT2D eigenvalue weighted by molar-refractivity contribution is 5.39. The van der Waals surface area contributed by atoms with Gasteiger partial charge in [0.2, 0.25) is 0 Å². The molecule has 1 N–H and O–H groups in total. The molecule has 1 aliphatic heterocycles. The normalized spacial score (nSPS) is 25.7. The molecule has 4 heteroatoms. The average molecular weight is 221 g/mol. The molecule has 88 valence electrons. The second kappa shape index (κ2) is 4.09. The molecular weight excluding hydrogens is 202 g/mol. The smallest absolute Gasteiger partial charge is 0.124 e. The van der Waals surface area contributed by atoms with Crippen molar-refractivity contribution in [3.63, 3.8) is 0 Å². The molecule has 0 aromatic carbocycles. The molecule has 2 fully saturated rings. The van der Waals surface area contributed by atoms with Crippen molar-refractivity contribution in [2.45, 2.75) is 37.6 Å². The van der Waals surface area contributed by atoms with Crippen LogP contribution in [0.3, 0.4) is 0 Å². The highest BCUT2D eigenvalue weighted by atomic mass is 16.5. The van der Waals surface area contributed by atoms with E-state index in [0.717, 1.165) is 25.5 Å². The van der Waals surface area contributed by atoms with Gasteiger partial charge in [0.15, 0.2) is 0 Å². The summed E-state index contributed by atoms with van der Waals surface area (Å²) in [7, 11) is 2.01.